The number of hydrogen-bond donors (Lipinski definition) is 6. The van der Waals surface area contributed by atoms with Gasteiger partial charge in [-0.15, -0.1) is 0 Å². The minimum absolute atomic E-state index is 0.110. The van der Waals surface area contributed by atoms with Gasteiger partial charge in [0.15, 0.2) is 6.29 Å². The lowest BCUT2D eigenvalue weighted by Crippen LogP contribution is -2.55. The first-order chi connectivity index (χ1) is 32.6. The number of fused-ring (bicyclic) bond motifs is 4. The number of urea groups is 1. The van der Waals surface area contributed by atoms with Gasteiger partial charge in [0.25, 0.3) is 17.4 Å². The fraction of sp³-hybridized carbons (Fsp3) is 0.521. The largest absolute Gasteiger partial charge is 0.381 e. The summed E-state index contributed by atoms with van der Waals surface area (Å²) in [5, 5.41) is 21.8. The van der Waals surface area contributed by atoms with Crippen molar-refractivity contribution in [1.29, 1.82) is 0 Å². The summed E-state index contributed by atoms with van der Waals surface area (Å²) in [5.41, 5.74) is 8.30. The van der Waals surface area contributed by atoms with Crippen molar-refractivity contribution >= 4 is 52.8 Å². The van der Waals surface area contributed by atoms with Crippen LogP contribution in [-0.2, 0) is 57.8 Å². The van der Waals surface area contributed by atoms with E-state index in [2.05, 4.69) is 21.3 Å². The first-order valence-corrected chi connectivity index (χ1v) is 23.1. The Hall–Kier alpha value is -6.38. The average Bonchev–Trinajstić information content (AvgIpc) is 3.84. The molecule has 370 valence electrons. The van der Waals surface area contributed by atoms with E-state index in [4.69, 9.17) is 20.2 Å². The minimum Gasteiger partial charge on any atom is -0.381 e. The number of aryl methyl sites for hydroxylation is 2. The first-order valence-electron chi connectivity index (χ1n) is 23.1. The molecule has 2 aromatic heterocycles. The van der Waals surface area contributed by atoms with Gasteiger partial charge in [-0.2, -0.15) is 0 Å². The summed E-state index contributed by atoms with van der Waals surface area (Å²) in [7, 11) is 1.41. The third kappa shape index (κ3) is 14.1. The van der Waals surface area contributed by atoms with E-state index in [1.807, 2.05) is 13.8 Å². The number of nitrogens with one attached hydrogen (secondary N) is 4. The second-order valence-corrected chi connectivity index (χ2v) is 16.7. The van der Waals surface area contributed by atoms with Crippen molar-refractivity contribution in [2.24, 2.45) is 11.7 Å². The molecule has 0 saturated heterocycles. The highest BCUT2D eigenvalue weighted by Crippen LogP contribution is 2.38. The predicted molar refractivity (Wildman–Crippen MR) is 250 cm³/mol. The number of imide groups is 1. The molecule has 3 aromatic rings. The number of pyridine rings is 2. The number of unbranched alkanes of at least 4 members (excludes halogenated alkanes) is 3. The zero-order valence-corrected chi connectivity index (χ0v) is 39.7. The normalized spacial score (nSPS) is 13.9. The Kier molecular flexibility index (Phi) is 20.9. The van der Waals surface area contributed by atoms with E-state index in [1.54, 1.807) is 32.9 Å². The molecule has 0 bridgehead atoms. The summed E-state index contributed by atoms with van der Waals surface area (Å²) >= 11 is 0. The molecule has 2 aliphatic rings. The molecule has 7 N–H and O–H groups in total. The van der Waals surface area contributed by atoms with Crippen LogP contribution in [0.15, 0.2) is 35.1 Å². The number of nitrogens with two attached hydrogens (primary N) is 1. The Morgan fingerprint density at radius 3 is 2.32 bits per heavy atom. The van der Waals surface area contributed by atoms with Crippen LogP contribution in [0, 0.1) is 18.7 Å². The number of hydrogen-bond acceptors (Lipinski definition) is 12. The van der Waals surface area contributed by atoms with Gasteiger partial charge in [-0.3, -0.25) is 33.7 Å². The average molecular weight is 949 g/mol. The lowest BCUT2D eigenvalue weighted by molar-refractivity contribution is -0.137. The van der Waals surface area contributed by atoms with Crippen LogP contribution in [0.5, 0.6) is 0 Å². The number of amides is 7. The molecular formula is C48H65FN8O11. The van der Waals surface area contributed by atoms with Crippen molar-refractivity contribution in [2.75, 3.05) is 33.5 Å². The summed E-state index contributed by atoms with van der Waals surface area (Å²) in [5.74, 6) is -2.99. The molecule has 0 spiro atoms. The fourth-order valence-electron chi connectivity index (χ4n) is 8.05. The highest BCUT2D eigenvalue weighted by molar-refractivity contribution is 6.12. The summed E-state index contributed by atoms with van der Waals surface area (Å²) in [6.07, 6.45) is 4.95. The summed E-state index contributed by atoms with van der Waals surface area (Å²) in [4.78, 5) is 106. The number of halogens is 1. The van der Waals surface area contributed by atoms with E-state index < -0.39 is 47.4 Å². The van der Waals surface area contributed by atoms with E-state index in [0.717, 1.165) is 21.4 Å². The molecule has 0 radical (unpaired) electrons. The van der Waals surface area contributed by atoms with E-state index in [-0.39, 0.29) is 87.2 Å². The monoisotopic (exact) mass is 948 g/mol. The van der Waals surface area contributed by atoms with Gasteiger partial charge < -0.3 is 50.9 Å². The topological polar surface area (TPSA) is 270 Å². The zero-order valence-electron chi connectivity index (χ0n) is 39.7. The molecule has 20 heteroatoms. The zero-order chi connectivity index (χ0) is 50.1. The smallest absolute Gasteiger partial charge is 0.312 e. The number of aldehydes is 1. The molecule has 2 aliphatic heterocycles. The van der Waals surface area contributed by atoms with Crippen LogP contribution in [0.3, 0.4) is 0 Å². The van der Waals surface area contributed by atoms with Crippen LogP contribution in [0.4, 0.5) is 9.18 Å². The highest BCUT2D eigenvalue weighted by Gasteiger charge is 2.31. The number of ether oxygens (including phenoxy) is 2. The summed E-state index contributed by atoms with van der Waals surface area (Å²) in [6.45, 7) is 9.67. The van der Waals surface area contributed by atoms with Crippen molar-refractivity contribution in [3.05, 3.63) is 74.3 Å². The second-order valence-electron chi connectivity index (χ2n) is 16.7. The van der Waals surface area contributed by atoms with Gasteiger partial charge >= 0.3 is 6.03 Å². The van der Waals surface area contributed by atoms with E-state index in [9.17, 15) is 47.9 Å². The van der Waals surface area contributed by atoms with Gasteiger partial charge in [0.2, 0.25) is 17.7 Å². The first kappa shape index (κ1) is 54.2. The van der Waals surface area contributed by atoms with Gasteiger partial charge in [-0.25, -0.2) is 14.2 Å². The molecule has 19 nitrogen and oxygen atoms in total. The third-order valence-electron chi connectivity index (χ3n) is 11.6. The summed E-state index contributed by atoms with van der Waals surface area (Å²) in [6, 6.07) is 1.89. The lowest BCUT2D eigenvalue weighted by Gasteiger charge is -2.25. The molecule has 1 aromatic carbocycles. The molecule has 3 atom stereocenters. The molecule has 3 unspecified atom stereocenters. The van der Waals surface area contributed by atoms with Gasteiger partial charge in [-0.05, 0) is 81.0 Å². The van der Waals surface area contributed by atoms with Crippen LogP contribution < -0.4 is 32.6 Å². The molecular weight excluding hydrogens is 884 g/mol. The Morgan fingerprint density at radius 1 is 0.941 bits per heavy atom. The van der Waals surface area contributed by atoms with Crippen molar-refractivity contribution < 1.29 is 52.5 Å². The van der Waals surface area contributed by atoms with Gasteiger partial charge in [-0.1, -0.05) is 34.1 Å². The number of carbonyl (C=O) groups is 7. The minimum atomic E-state index is -1.56. The molecule has 7 amide bonds. The van der Waals surface area contributed by atoms with Gasteiger partial charge in [0.05, 0.1) is 30.1 Å². The Labute approximate surface area is 394 Å². The maximum atomic E-state index is 14.9. The van der Waals surface area contributed by atoms with Crippen LogP contribution in [0.1, 0.15) is 113 Å². The molecule has 68 heavy (non-hydrogen) atoms. The molecule has 0 fully saturated rings. The third-order valence-corrected chi connectivity index (χ3v) is 11.6. The van der Waals surface area contributed by atoms with Crippen LogP contribution in [0.2, 0.25) is 0 Å². The van der Waals surface area contributed by atoms with Gasteiger partial charge in [0, 0.05) is 73.5 Å². The van der Waals surface area contributed by atoms with E-state index in [0.29, 0.717) is 73.7 Å². The van der Waals surface area contributed by atoms with Crippen LogP contribution >= 0.6 is 0 Å². The number of primary amides is 1. The van der Waals surface area contributed by atoms with Crippen LogP contribution in [0.25, 0.3) is 22.3 Å². The summed E-state index contributed by atoms with van der Waals surface area (Å²) < 4.78 is 27.4. The maximum absolute atomic E-state index is 14.9. The number of nitrogens with zero attached hydrogens (tertiary/aromatic N) is 3. The lowest BCUT2D eigenvalue weighted by atomic mass is 9.95. The van der Waals surface area contributed by atoms with Crippen molar-refractivity contribution in [2.45, 2.75) is 124 Å². The molecule has 4 heterocycles. The number of methoxy groups -OCH3 is 1. The number of aliphatic hydroxyl groups excluding tert-OH is 1. The number of aliphatic hydroxyl groups is 1. The van der Waals surface area contributed by atoms with Crippen molar-refractivity contribution in [3.8, 4) is 11.4 Å². The molecule has 0 saturated carbocycles. The Balaban J connectivity index is 0.00000497. The fourth-order valence-corrected chi connectivity index (χ4v) is 8.05. The SMILES string of the molecule is CC.COCc1c(C(O)C=O)cc2n(c1=O)Cc1c-2nc2cc(F)c(C)cc2c1CCCCOCNC(=O)C(CCCNC(N)=O)NC(=O)C(NC(=O)CCCCCN1C(=O)C=CC1=O)C(C)C. The maximum Gasteiger partial charge on any atom is 0.312 e. The Morgan fingerprint density at radius 2 is 1.66 bits per heavy atom. The predicted octanol–water partition coefficient (Wildman–Crippen LogP) is 3.25. The highest BCUT2D eigenvalue weighted by atomic mass is 19.1. The number of rotatable bonds is 26. The molecule has 5 rings (SSSR count). The quantitative estimate of drug-likeness (QED) is 0.0229. The number of aromatic nitrogens is 2. The Bertz CT molecular complexity index is 2400. The van der Waals surface area contributed by atoms with E-state index >= 15 is 0 Å². The van der Waals surface area contributed by atoms with Gasteiger partial charge in [0.1, 0.15) is 30.7 Å². The standard InChI is InChI=1S/C46H59FN8O11.C2H6/c1-26(2)41(53-38(58)13-6-5-8-17-54-39(59)14-15-40(54)60)44(62)52-34(12-10-16-49-46(48)64)43(61)50-25-66-18-9-7-11-28-29-19-27(3)33(47)21-35(29)51-42-31(28)22-55-36(42)20-30(37(57)23-56)32(24-65-4)45(55)63;1-2/h14-15,19-21,23,26,34,37,41,57H,5-13,16-18,22,24-25H2,1-4H3,(H,50,61)(H,52,62)(H,53,58)(H3,48,49,64);1-2H3. The van der Waals surface area contributed by atoms with Crippen LogP contribution in [-0.4, -0.2) is 107 Å². The van der Waals surface area contributed by atoms with E-state index in [1.165, 1.54) is 29.9 Å². The number of benzene rings is 1. The van der Waals surface area contributed by atoms with Crippen molar-refractivity contribution in [1.82, 2.24) is 35.7 Å². The number of carbonyl (C=O) groups excluding carboxylic acids is 7. The molecule has 0 aliphatic carbocycles. The second kappa shape index (κ2) is 26.2. The van der Waals surface area contributed by atoms with Crippen molar-refractivity contribution in [3.63, 3.8) is 0 Å².